The van der Waals surface area contributed by atoms with Crippen molar-refractivity contribution >= 4 is 12.0 Å². The van der Waals surface area contributed by atoms with E-state index in [1.165, 1.54) is 12.8 Å². The van der Waals surface area contributed by atoms with E-state index in [9.17, 15) is 14.7 Å². The van der Waals surface area contributed by atoms with Crippen LogP contribution in [0.15, 0.2) is 0 Å². The molecule has 0 aromatic rings. The van der Waals surface area contributed by atoms with Gasteiger partial charge in [0.2, 0.25) is 0 Å². The molecule has 1 saturated carbocycles. The molecule has 0 radical (unpaired) electrons. The number of nitrogens with one attached hydrogen (secondary N) is 2. The highest BCUT2D eigenvalue weighted by Gasteiger charge is 2.36. The van der Waals surface area contributed by atoms with Crippen molar-refractivity contribution in [1.82, 2.24) is 15.5 Å². The number of aliphatic carboxylic acids is 1. The summed E-state index contributed by atoms with van der Waals surface area (Å²) in [7, 11) is 2.06. The maximum atomic E-state index is 11.9. The van der Waals surface area contributed by atoms with Crippen molar-refractivity contribution in [1.29, 1.82) is 0 Å². The fourth-order valence-corrected chi connectivity index (χ4v) is 2.27. The number of nitrogens with zero attached hydrogens (tertiary/aromatic N) is 1. The monoisotopic (exact) mass is 285 g/mol. The molecule has 1 atom stereocenters. The molecule has 3 N–H and O–H groups in total. The second-order valence-corrected chi connectivity index (χ2v) is 5.68. The predicted molar refractivity (Wildman–Crippen MR) is 77.7 cm³/mol. The minimum atomic E-state index is -1.17. The van der Waals surface area contributed by atoms with E-state index >= 15 is 0 Å². The van der Waals surface area contributed by atoms with E-state index in [1.807, 2.05) is 0 Å². The zero-order valence-electron chi connectivity index (χ0n) is 12.9. The first-order valence-corrected chi connectivity index (χ1v) is 7.37. The normalized spacial score (nSPS) is 16.9. The Morgan fingerprint density at radius 2 is 1.90 bits per heavy atom. The predicted octanol–water partition coefficient (Wildman–Crippen LogP) is 1.41. The lowest BCUT2D eigenvalue weighted by molar-refractivity contribution is -0.144. The first-order valence-electron chi connectivity index (χ1n) is 7.37. The molecular formula is C14H27N3O3. The molecule has 0 spiro atoms. The van der Waals surface area contributed by atoms with E-state index in [2.05, 4.69) is 29.5 Å². The lowest BCUT2D eigenvalue weighted by Gasteiger charge is -2.29. The maximum Gasteiger partial charge on any atom is 0.329 e. The Kier molecular flexibility index (Phi) is 5.80. The maximum absolute atomic E-state index is 11.9. The number of likely N-dealkylation sites (N-methyl/N-ethyl adjacent to an activating group) is 1. The van der Waals surface area contributed by atoms with Crippen LogP contribution in [0.3, 0.4) is 0 Å². The SMILES string of the molecule is CCC(CC)(NC(=O)NCC(C)N(C)C1CC1)C(=O)O. The zero-order valence-corrected chi connectivity index (χ0v) is 12.9. The Morgan fingerprint density at radius 3 is 2.30 bits per heavy atom. The summed E-state index contributed by atoms with van der Waals surface area (Å²) in [5.74, 6) is -0.985. The van der Waals surface area contributed by atoms with Crippen molar-refractivity contribution in [3.05, 3.63) is 0 Å². The van der Waals surface area contributed by atoms with E-state index in [-0.39, 0.29) is 6.04 Å². The zero-order chi connectivity index (χ0) is 15.3. The molecule has 1 rings (SSSR count). The van der Waals surface area contributed by atoms with Crippen molar-refractivity contribution < 1.29 is 14.7 Å². The largest absolute Gasteiger partial charge is 0.480 e. The highest BCUT2D eigenvalue weighted by Crippen LogP contribution is 2.26. The summed E-state index contributed by atoms with van der Waals surface area (Å²) in [5, 5.41) is 14.6. The summed E-state index contributed by atoms with van der Waals surface area (Å²) in [6, 6.07) is 0.474. The van der Waals surface area contributed by atoms with Gasteiger partial charge in [-0.25, -0.2) is 9.59 Å². The Morgan fingerprint density at radius 1 is 1.35 bits per heavy atom. The van der Waals surface area contributed by atoms with Crippen LogP contribution in [0, 0.1) is 0 Å². The Labute approximate surface area is 120 Å². The lowest BCUT2D eigenvalue weighted by atomic mass is 9.93. The van der Waals surface area contributed by atoms with E-state index in [0.29, 0.717) is 25.4 Å². The van der Waals surface area contributed by atoms with Crippen LogP contribution in [0.4, 0.5) is 4.79 Å². The molecule has 0 aliphatic heterocycles. The van der Waals surface area contributed by atoms with Gasteiger partial charge in [-0.1, -0.05) is 13.8 Å². The van der Waals surface area contributed by atoms with Crippen molar-refractivity contribution in [3.63, 3.8) is 0 Å². The van der Waals surface area contributed by atoms with Crippen LogP contribution in [-0.4, -0.2) is 53.2 Å². The molecule has 0 heterocycles. The molecule has 116 valence electrons. The molecule has 2 amide bonds. The number of hydrogen-bond donors (Lipinski definition) is 3. The van der Waals surface area contributed by atoms with Gasteiger partial charge in [0.05, 0.1) is 0 Å². The second-order valence-electron chi connectivity index (χ2n) is 5.68. The fourth-order valence-electron chi connectivity index (χ4n) is 2.27. The quantitative estimate of drug-likeness (QED) is 0.630. The fraction of sp³-hybridized carbons (Fsp3) is 0.857. The highest BCUT2D eigenvalue weighted by atomic mass is 16.4. The average Bonchev–Trinajstić information content (AvgIpc) is 3.25. The molecule has 20 heavy (non-hydrogen) atoms. The first kappa shape index (κ1) is 16.8. The van der Waals surface area contributed by atoms with Crippen molar-refractivity contribution in [3.8, 4) is 0 Å². The average molecular weight is 285 g/mol. The van der Waals surface area contributed by atoms with Crippen molar-refractivity contribution in [2.75, 3.05) is 13.6 Å². The van der Waals surface area contributed by atoms with E-state index in [4.69, 9.17) is 0 Å². The number of urea groups is 1. The Balaban J connectivity index is 2.43. The van der Waals surface area contributed by atoms with E-state index in [0.717, 1.165) is 0 Å². The van der Waals surface area contributed by atoms with Gasteiger partial charge in [0.25, 0.3) is 0 Å². The molecule has 1 fully saturated rings. The van der Waals surface area contributed by atoms with Crippen LogP contribution in [0.5, 0.6) is 0 Å². The van der Waals surface area contributed by atoms with Crippen molar-refractivity contribution in [2.24, 2.45) is 0 Å². The minimum absolute atomic E-state index is 0.246. The van der Waals surface area contributed by atoms with Gasteiger partial charge in [-0.2, -0.15) is 0 Å². The van der Waals surface area contributed by atoms with Crippen LogP contribution in [-0.2, 0) is 4.79 Å². The molecule has 1 unspecified atom stereocenters. The molecule has 1 aliphatic carbocycles. The summed E-state index contributed by atoms with van der Waals surface area (Å²) in [6.45, 7) is 6.10. The topological polar surface area (TPSA) is 81.7 Å². The number of hydrogen-bond acceptors (Lipinski definition) is 3. The number of amides is 2. The number of carboxylic acids is 1. The molecule has 6 nitrogen and oxygen atoms in total. The summed E-state index contributed by atoms with van der Waals surface area (Å²) in [4.78, 5) is 25.5. The smallest absolute Gasteiger partial charge is 0.329 e. The van der Waals surface area contributed by atoms with Gasteiger partial charge in [0.1, 0.15) is 5.54 Å². The molecule has 1 aliphatic rings. The molecule has 0 saturated heterocycles. The molecule has 0 aromatic heterocycles. The summed E-state index contributed by atoms with van der Waals surface area (Å²) >= 11 is 0. The van der Waals surface area contributed by atoms with Crippen LogP contribution in [0.1, 0.15) is 46.5 Å². The van der Waals surface area contributed by atoms with Gasteiger partial charge in [-0.05, 0) is 39.7 Å². The van der Waals surface area contributed by atoms with Gasteiger partial charge in [-0.3, -0.25) is 4.90 Å². The standard InChI is InChI=1S/C14H27N3O3/c1-5-14(6-2,12(18)19)16-13(20)15-9-10(3)17(4)11-7-8-11/h10-11H,5-9H2,1-4H3,(H,18,19)(H2,15,16,20). The number of carbonyl (C=O) groups excluding carboxylic acids is 1. The Bertz CT molecular complexity index is 352. The molecule has 6 heteroatoms. The highest BCUT2D eigenvalue weighted by molar-refractivity contribution is 5.86. The number of carbonyl (C=O) groups is 2. The van der Waals surface area contributed by atoms with Crippen LogP contribution in [0.2, 0.25) is 0 Å². The summed E-state index contributed by atoms with van der Waals surface area (Å²) < 4.78 is 0. The third-order valence-electron chi connectivity index (χ3n) is 4.35. The third-order valence-corrected chi connectivity index (χ3v) is 4.35. The van der Waals surface area contributed by atoms with Gasteiger partial charge >= 0.3 is 12.0 Å². The molecular weight excluding hydrogens is 258 g/mol. The van der Waals surface area contributed by atoms with Gasteiger partial charge in [0.15, 0.2) is 0 Å². The minimum Gasteiger partial charge on any atom is -0.480 e. The van der Waals surface area contributed by atoms with Gasteiger partial charge < -0.3 is 15.7 Å². The molecule has 0 aromatic carbocycles. The van der Waals surface area contributed by atoms with E-state index < -0.39 is 17.5 Å². The second kappa shape index (κ2) is 6.92. The lowest BCUT2D eigenvalue weighted by Crippen LogP contribution is -2.57. The van der Waals surface area contributed by atoms with E-state index in [1.54, 1.807) is 13.8 Å². The van der Waals surface area contributed by atoms with Crippen LogP contribution >= 0.6 is 0 Å². The molecule has 0 bridgehead atoms. The summed E-state index contributed by atoms with van der Waals surface area (Å²) in [6.07, 6.45) is 3.18. The number of rotatable bonds is 8. The van der Waals surface area contributed by atoms with Gasteiger partial charge in [-0.15, -0.1) is 0 Å². The number of carboxylic acid groups (broad SMARTS) is 1. The Hall–Kier alpha value is -1.30. The van der Waals surface area contributed by atoms with Crippen molar-refractivity contribution in [2.45, 2.75) is 64.1 Å². The van der Waals surface area contributed by atoms with Gasteiger partial charge in [0, 0.05) is 18.6 Å². The summed E-state index contributed by atoms with van der Waals surface area (Å²) in [5.41, 5.74) is -1.17. The van der Waals surface area contributed by atoms with Crippen LogP contribution in [0.25, 0.3) is 0 Å². The third kappa shape index (κ3) is 4.10. The first-order chi connectivity index (χ1) is 9.36. The van der Waals surface area contributed by atoms with Crippen LogP contribution < -0.4 is 10.6 Å².